The fraction of sp³-hybridized carbons (Fsp3) is 0.529. The topological polar surface area (TPSA) is 44.7 Å². The zero-order valence-corrected chi connectivity index (χ0v) is 13.4. The Kier molecular flexibility index (Phi) is 4.99. The summed E-state index contributed by atoms with van der Waals surface area (Å²) in [4.78, 5) is 11.1. The van der Waals surface area contributed by atoms with E-state index in [1.165, 1.54) is 26.2 Å². The maximum absolute atomic E-state index is 11.1. The number of anilines is 1. The Morgan fingerprint density at radius 2 is 1.90 bits per heavy atom. The number of rotatable bonds is 3. The Morgan fingerprint density at radius 3 is 2.52 bits per heavy atom. The summed E-state index contributed by atoms with van der Waals surface area (Å²) >= 11 is 0. The summed E-state index contributed by atoms with van der Waals surface area (Å²) in [5.74, 6) is -0.0555. The van der Waals surface area contributed by atoms with Crippen LogP contribution >= 0.6 is 0 Å². The quantitative estimate of drug-likeness (QED) is 0.863. The standard InChI is InChI=1S/C17H25N3O/c1-12-7-5-8-13(2)20(12)19-14(3)16-9-6-10-17(11-16)18-15(4)21/h6,9-13H,5,7-8H2,1-4H3,(H,18,21)/b19-14-/t12-,13+. The van der Waals surface area contributed by atoms with Crippen molar-refractivity contribution < 1.29 is 4.79 Å². The maximum atomic E-state index is 11.1. The average Bonchev–Trinajstić information content (AvgIpc) is 2.42. The van der Waals surface area contributed by atoms with Crippen LogP contribution in [0.5, 0.6) is 0 Å². The Balaban J connectivity index is 2.20. The molecule has 0 aliphatic carbocycles. The van der Waals surface area contributed by atoms with E-state index >= 15 is 0 Å². The van der Waals surface area contributed by atoms with E-state index in [1.807, 2.05) is 31.2 Å². The van der Waals surface area contributed by atoms with E-state index in [-0.39, 0.29) is 5.91 Å². The zero-order chi connectivity index (χ0) is 15.4. The minimum absolute atomic E-state index is 0.0555. The van der Waals surface area contributed by atoms with E-state index in [2.05, 4.69) is 24.2 Å². The van der Waals surface area contributed by atoms with Gasteiger partial charge in [0.2, 0.25) is 5.91 Å². The van der Waals surface area contributed by atoms with E-state index in [9.17, 15) is 4.79 Å². The Hall–Kier alpha value is -1.84. The molecule has 0 unspecified atom stereocenters. The van der Waals surface area contributed by atoms with Crippen molar-refractivity contribution in [3.05, 3.63) is 29.8 Å². The molecule has 1 N–H and O–H groups in total. The number of benzene rings is 1. The smallest absolute Gasteiger partial charge is 0.221 e. The van der Waals surface area contributed by atoms with Gasteiger partial charge in [-0.05, 0) is 57.7 Å². The largest absolute Gasteiger partial charge is 0.326 e. The van der Waals surface area contributed by atoms with Gasteiger partial charge in [0.15, 0.2) is 0 Å². The first-order chi connectivity index (χ1) is 9.97. The van der Waals surface area contributed by atoms with Gasteiger partial charge < -0.3 is 5.32 Å². The second kappa shape index (κ2) is 6.74. The van der Waals surface area contributed by atoms with Crippen molar-refractivity contribution >= 4 is 17.3 Å². The summed E-state index contributed by atoms with van der Waals surface area (Å²) in [5, 5.41) is 9.87. The number of nitrogens with zero attached hydrogens (tertiary/aromatic N) is 2. The normalized spacial score (nSPS) is 23.0. The number of hydrogen-bond donors (Lipinski definition) is 1. The molecule has 4 nitrogen and oxygen atoms in total. The third-order valence-corrected chi connectivity index (χ3v) is 4.01. The van der Waals surface area contributed by atoms with Gasteiger partial charge in [0, 0.05) is 24.7 Å². The number of hydrazone groups is 1. The number of carbonyl (C=O) groups excluding carboxylic acids is 1. The van der Waals surface area contributed by atoms with Crippen molar-refractivity contribution in [1.29, 1.82) is 0 Å². The number of carbonyl (C=O) groups is 1. The molecule has 0 aromatic heterocycles. The van der Waals surface area contributed by atoms with Crippen LogP contribution < -0.4 is 5.32 Å². The molecule has 21 heavy (non-hydrogen) atoms. The Morgan fingerprint density at radius 1 is 1.24 bits per heavy atom. The predicted molar refractivity (Wildman–Crippen MR) is 87.6 cm³/mol. The minimum atomic E-state index is -0.0555. The van der Waals surface area contributed by atoms with E-state index < -0.39 is 0 Å². The lowest BCUT2D eigenvalue weighted by Crippen LogP contribution is -2.40. The lowest BCUT2D eigenvalue weighted by molar-refractivity contribution is -0.114. The molecule has 1 aliphatic heterocycles. The molecule has 1 aromatic carbocycles. The average molecular weight is 287 g/mol. The van der Waals surface area contributed by atoms with Crippen LogP contribution in [-0.2, 0) is 4.79 Å². The first-order valence-corrected chi connectivity index (χ1v) is 7.69. The van der Waals surface area contributed by atoms with Gasteiger partial charge in [-0.25, -0.2) is 0 Å². The highest BCUT2D eigenvalue weighted by Crippen LogP contribution is 2.23. The highest BCUT2D eigenvalue weighted by Gasteiger charge is 2.23. The molecule has 2 atom stereocenters. The van der Waals surface area contributed by atoms with E-state index in [4.69, 9.17) is 5.10 Å². The van der Waals surface area contributed by atoms with Gasteiger partial charge in [0.05, 0.1) is 5.71 Å². The number of hydrogen-bond acceptors (Lipinski definition) is 3. The van der Waals surface area contributed by atoms with Crippen LogP contribution in [0.1, 0.15) is 52.5 Å². The van der Waals surface area contributed by atoms with Crippen LogP contribution in [0.25, 0.3) is 0 Å². The van der Waals surface area contributed by atoms with Crippen LogP contribution in [0.15, 0.2) is 29.4 Å². The predicted octanol–water partition coefficient (Wildman–Crippen LogP) is 3.63. The van der Waals surface area contributed by atoms with Crippen LogP contribution in [0, 0.1) is 0 Å². The second-order valence-corrected chi connectivity index (χ2v) is 5.96. The molecule has 1 amide bonds. The molecule has 1 saturated heterocycles. The first kappa shape index (κ1) is 15.5. The number of nitrogens with one attached hydrogen (secondary N) is 1. The summed E-state index contributed by atoms with van der Waals surface area (Å²) in [6.45, 7) is 8.02. The number of piperidine rings is 1. The Bertz CT molecular complexity index is 529. The van der Waals surface area contributed by atoms with Crippen molar-refractivity contribution in [3.63, 3.8) is 0 Å². The van der Waals surface area contributed by atoms with E-state index in [1.54, 1.807) is 0 Å². The fourth-order valence-corrected chi connectivity index (χ4v) is 2.86. The van der Waals surface area contributed by atoms with Gasteiger partial charge in [0.1, 0.15) is 0 Å². The second-order valence-electron chi connectivity index (χ2n) is 5.96. The third-order valence-electron chi connectivity index (χ3n) is 4.01. The van der Waals surface area contributed by atoms with Gasteiger partial charge in [-0.3, -0.25) is 9.80 Å². The van der Waals surface area contributed by atoms with Crippen LogP contribution in [0.2, 0.25) is 0 Å². The molecular weight excluding hydrogens is 262 g/mol. The number of amides is 1. The maximum Gasteiger partial charge on any atom is 0.221 e. The van der Waals surface area contributed by atoms with Gasteiger partial charge in [-0.1, -0.05) is 12.1 Å². The molecule has 4 heteroatoms. The molecule has 1 aromatic rings. The van der Waals surface area contributed by atoms with Crippen molar-refractivity contribution in [2.24, 2.45) is 5.10 Å². The highest BCUT2D eigenvalue weighted by molar-refractivity contribution is 6.00. The first-order valence-electron chi connectivity index (χ1n) is 7.69. The third kappa shape index (κ3) is 4.06. The highest BCUT2D eigenvalue weighted by atomic mass is 16.1. The molecular formula is C17H25N3O. The van der Waals surface area contributed by atoms with Crippen molar-refractivity contribution in [2.75, 3.05) is 5.32 Å². The van der Waals surface area contributed by atoms with E-state index in [0.29, 0.717) is 12.1 Å². The summed E-state index contributed by atoms with van der Waals surface area (Å²) in [6, 6.07) is 8.82. The Labute approximate surface area is 127 Å². The lowest BCUT2D eigenvalue weighted by atomic mass is 10.00. The molecule has 2 rings (SSSR count). The SMILES string of the molecule is CC(=O)Nc1cccc(/C(C)=N\N2[C@H](C)CCC[C@@H]2C)c1. The van der Waals surface area contributed by atoms with Crippen LogP contribution in [-0.4, -0.2) is 28.7 Å². The molecule has 1 heterocycles. The van der Waals surface area contributed by atoms with Crippen molar-refractivity contribution in [3.8, 4) is 0 Å². The van der Waals surface area contributed by atoms with Crippen LogP contribution in [0.4, 0.5) is 5.69 Å². The van der Waals surface area contributed by atoms with Gasteiger partial charge >= 0.3 is 0 Å². The van der Waals surface area contributed by atoms with Crippen molar-refractivity contribution in [1.82, 2.24) is 5.01 Å². The molecule has 0 radical (unpaired) electrons. The fourth-order valence-electron chi connectivity index (χ4n) is 2.86. The molecule has 1 aliphatic rings. The van der Waals surface area contributed by atoms with Gasteiger partial charge in [-0.2, -0.15) is 5.10 Å². The van der Waals surface area contributed by atoms with Gasteiger partial charge in [0.25, 0.3) is 0 Å². The monoisotopic (exact) mass is 287 g/mol. The molecule has 0 bridgehead atoms. The van der Waals surface area contributed by atoms with Crippen LogP contribution in [0.3, 0.4) is 0 Å². The lowest BCUT2D eigenvalue weighted by Gasteiger charge is -2.37. The molecule has 114 valence electrons. The summed E-state index contributed by atoms with van der Waals surface area (Å²) < 4.78 is 0. The van der Waals surface area contributed by atoms with E-state index in [0.717, 1.165) is 17.0 Å². The molecule has 0 spiro atoms. The summed E-state index contributed by atoms with van der Waals surface area (Å²) in [6.07, 6.45) is 3.69. The summed E-state index contributed by atoms with van der Waals surface area (Å²) in [7, 11) is 0. The van der Waals surface area contributed by atoms with Gasteiger partial charge in [-0.15, -0.1) is 0 Å². The molecule has 1 fully saturated rings. The minimum Gasteiger partial charge on any atom is -0.326 e. The molecule has 0 saturated carbocycles. The zero-order valence-electron chi connectivity index (χ0n) is 13.4. The van der Waals surface area contributed by atoms with Crippen molar-refractivity contribution in [2.45, 2.75) is 59.0 Å². The summed E-state index contributed by atoms with van der Waals surface area (Å²) in [5.41, 5.74) is 2.85.